The molecular formula is C28H32O15. The van der Waals surface area contributed by atoms with Crippen LogP contribution in [0.3, 0.4) is 0 Å². The van der Waals surface area contributed by atoms with E-state index >= 15 is 0 Å². The lowest BCUT2D eigenvalue weighted by atomic mass is 9.90. The van der Waals surface area contributed by atoms with Crippen molar-refractivity contribution >= 4 is 11.0 Å². The Morgan fingerprint density at radius 3 is 2.02 bits per heavy atom. The Morgan fingerprint density at radius 2 is 1.35 bits per heavy atom. The third-order valence-electron chi connectivity index (χ3n) is 7.67. The molecule has 3 aromatic rings. The summed E-state index contributed by atoms with van der Waals surface area (Å²) in [4.78, 5) is 13.7. The number of hydrogen-bond donors (Lipinski definition) is 10. The second kappa shape index (κ2) is 12.3. The molecule has 2 aliphatic heterocycles. The molecule has 0 amide bonds. The number of rotatable bonds is 7. The van der Waals surface area contributed by atoms with Crippen molar-refractivity contribution in [3.8, 4) is 28.6 Å². The minimum atomic E-state index is -1.79. The zero-order valence-electron chi connectivity index (χ0n) is 22.4. The van der Waals surface area contributed by atoms with Crippen molar-refractivity contribution in [3.63, 3.8) is 0 Å². The fraction of sp³-hybridized carbons (Fsp3) is 0.464. The Balaban J connectivity index is 1.45. The largest absolute Gasteiger partial charge is 0.508 e. The van der Waals surface area contributed by atoms with Crippen LogP contribution in [0.15, 0.2) is 45.6 Å². The van der Waals surface area contributed by atoms with E-state index in [2.05, 4.69) is 0 Å². The first kappa shape index (κ1) is 31.1. The second-order valence-corrected chi connectivity index (χ2v) is 10.5. The SMILES string of the molecule is O=c1c(C[C@@H]2OC(CO[C@@H]3OC(CO)[C@@H](O)[C@@H](O)C3O)[C@@H](O)[C@@H](O)C2O)c(-c2ccc(O)cc2)oc2cc(O)cc(O)c12. The summed E-state index contributed by atoms with van der Waals surface area (Å²) in [7, 11) is 0. The molecule has 234 valence electrons. The third-order valence-corrected chi connectivity index (χ3v) is 7.67. The zero-order valence-corrected chi connectivity index (χ0v) is 22.4. The predicted octanol–water partition coefficient (Wildman–Crippen LogP) is -2.21. The molecule has 15 nitrogen and oxygen atoms in total. The Kier molecular flexibility index (Phi) is 8.92. The minimum absolute atomic E-state index is 0.0481. The van der Waals surface area contributed by atoms with Crippen molar-refractivity contribution in [3.05, 3.63) is 52.2 Å². The van der Waals surface area contributed by atoms with E-state index in [1.54, 1.807) is 0 Å². The molecule has 0 radical (unpaired) electrons. The molecule has 2 aromatic carbocycles. The number of phenols is 3. The number of ether oxygens (including phenoxy) is 3. The lowest BCUT2D eigenvalue weighted by Crippen LogP contribution is -2.61. The summed E-state index contributed by atoms with van der Waals surface area (Å²) in [5, 5.41) is 101. The van der Waals surface area contributed by atoms with Gasteiger partial charge in [0.15, 0.2) is 11.7 Å². The molecule has 0 bridgehead atoms. The van der Waals surface area contributed by atoms with Crippen LogP contribution in [0.5, 0.6) is 17.2 Å². The molecule has 0 aliphatic carbocycles. The van der Waals surface area contributed by atoms with Crippen LogP contribution in [0.4, 0.5) is 0 Å². The number of hydrogen-bond acceptors (Lipinski definition) is 15. The Hall–Kier alpha value is -3.35. The van der Waals surface area contributed by atoms with E-state index in [9.17, 15) is 55.9 Å². The lowest BCUT2D eigenvalue weighted by Gasteiger charge is -2.43. The van der Waals surface area contributed by atoms with Gasteiger partial charge in [0.25, 0.3) is 0 Å². The van der Waals surface area contributed by atoms with E-state index in [0.717, 1.165) is 12.1 Å². The zero-order chi connectivity index (χ0) is 31.2. The van der Waals surface area contributed by atoms with Gasteiger partial charge in [0, 0.05) is 29.7 Å². The average Bonchev–Trinajstić information content (AvgIpc) is 2.97. The van der Waals surface area contributed by atoms with Crippen molar-refractivity contribution in [2.45, 2.75) is 67.6 Å². The summed E-state index contributed by atoms with van der Waals surface area (Å²) in [5.74, 6) is -1.07. The van der Waals surface area contributed by atoms with Gasteiger partial charge < -0.3 is 69.7 Å². The summed E-state index contributed by atoms with van der Waals surface area (Å²) < 4.78 is 22.5. The molecule has 2 saturated heterocycles. The number of aromatic hydroxyl groups is 3. The predicted molar refractivity (Wildman–Crippen MR) is 143 cm³/mol. The molecule has 5 rings (SSSR count). The van der Waals surface area contributed by atoms with Gasteiger partial charge in [-0.1, -0.05) is 0 Å². The molecule has 10 atom stereocenters. The first-order valence-corrected chi connectivity index (χ1v) is 13.3. The van der Waals surface area contributed by atoms with Crippen LogP contribution in [0, 0.1) is 0 Å². The Morgan fingerprint density at radius 1 is 0.721 bits per heavy atom. The fourth-order valence-corrected chi connectivity index (χ4v) is 5.28. The molecule has 0 spiro atoms. The van der Waals surface area contributed by atoms with Gasteiger partial charge in [0.1, 0.15) is 82.8 Å². The third kappa shape index (κ3) is 5.92. The van der Waals surface area contributed by atoms with Gasteiger partial charge in [0.05, 0.1) is 19.3 Å². The van der Waals surface area contributed by atoms with E-state index in [-0.39, 0.29) is 33.8 Å². The maximum Gasteiger partial charge on any atom is 0.200 e. The molecule has 1 aromatic heterocycles. The van der Waals surface area contributed by atoms with Gasteiger partial charge >= 0.3 is 0 Å². The number of aliphatic hydroxyl groups is 7. The maximum absolute atomic E-state index is 13.7. The highest BCUT2D eigenvalue weighted by Crippen LogP contribution is 2.35. The molecule has 4 unspecified atom stereocenters. The van der Waals surface area contributed by atoms with Gasteiger partial charge in [-0.2, -0.15) is 0 Å². The van der Waals surface area contributed by atoms with Gasteiger partial charge in [-0.3, -0.25) is 4.79 Å². The summed E-state index contributed by atoms with van der Waals surface area (Å²) in [6.07, 6.45) is -16.3. The summed E-state index contributed by atoms with van der Waals surface area (Å²) in [6, 6.07) is 7.63. The van der Waals surface area contributed by atoms with Crippen LogP contribution in [-0.4, -0.2) is 126 Å². The van der Waals surface area contributed by atoms with Crippen LogP contribution in [0.2, 0.25) is 0 Å². The molecule has 2 fully saturated rings. The van der Waals surface area contributed by atoms with Gasteiger partial charge in [-0.05, 0) is 24.3 Å². The lowest BCUT2D eigenvalue weighted by molar-refractivity contribution is -0.314. The smallest absolute Gasteiger partial charge is 0.200 e. The summed E-state index contributed by atoms with van der Waals surface area (Å²) in [5.41, 5.74) is -0.698. The van der Waals surface area contributed by atoms with Crippen LogP contribution < -0.4 is 5.43 Å². The van der Waals surface area contributed by atoms with E-state index in [4.69, 9.17) is 18.6 Å². The molecular weight excluding hydrogens is 576 g/mol. The first-order valence-electron chi connectivity index (χ1n) is 13.3. The average molecular weight is 609 g/mol. The monoisotopic (exact) mass is 608 g/mol. The Bertz CT molecular complexity index is 1490. The first-order chi connectivity index (χ1) is 20.4. The van der Waals surface area contributed by atoms with Crippen molar-refractivity contribution < 1.29 is 69.7 Å². The highest BCUT2D eigenvalue weighted by Gasteiger charge is 2.47. The van der Waals surface area contributed by atoms with Crippen LogP contribution in [0.1, 0.15) is 5.56 Å². The van der Waals surface area contributed by atoms with Gasteiger partial charge in [0.2, 0.25) is 0 Å². The van der Waals surface area contributed by atoms with Crippen LogP contribution in [-0.2, 0) is 20.6 Å². The maximum atomic E-state index is 13.7. The van der Waals surface area contributed by atoms with Gasteiger partial charge in [-0.25, -0.2) is 0 Å². The normalized spacial score (nSPS) is 33.1. The van der Waals surface area contributed by atoms with Crippen molar-refractivity contribution in [1.82, 2.24) is 0 Å². The molecule has 15 heteroatoms. The topological polar surface area (TPSA) is 260 Å². The number of fused-ring (bicyclic) bond motifs is 1. The van der Waals surface area contributed by atoms with Crippen molar-refractivity contribution in [1.29, 1.82) is 0 Å². The quantitative estimate of drug-likeness (QED) is 0.136. The standard InChI is InChI=1S/C28H32O15/c29-8-17-22(35)25(38)26(39)28(43-17)40-9-18-23(36)24(37)21(34)16(41-18)7-13-20(33)19-14(32)5-12(31)6-15(19)42-27(13)10-1-3-11(30)4-2-10/h1-6,16-18,21-26,28-32,34-39H,7-9H2/t16-,17?,18?,21?,22+,23+,24-,25+,26?,28+/m0/s1. The summed E-state index contributed by atoms with van der Waals surface area (Å²) in [6.45, 7) is -1.27. The highest BCUT2D eigenvalue weighted by molar-refractivity contribution is 5.87. The number of aliphatic hydroxyl groups excluding tert-OH is 7. The number of benzene rings is 2. The van der Waals surface area contributed by atoms with E-state index < -0.39 is 92.0 Å². The van der Waals surface area contributed by atoms with E-state index in [1.165, 1.54) is 24.3 Å². The number of phenolic OH excluding ortho intramolecular Hbond substituents is 3. The molecule has 0 saturated carbocycles. The van der Waals surface area contributed by atoms with E-state index in [1.807, 2.05) is 0 Å². The minimum Gasteiger partial charge on any atom is -0.508 e. The highest BCUT2D eigenvalue weighted by atomic mass is 16.7. The Labute approximate surface area is 242 Å². The molecule has 10 N–H and O–H groups in total. The molecule has 3 heterocycles. The molecule has 2 aliphatic rings. The van der Waals surface area contributed by atoms with Crippen molar-refractivity contribution in [2.24, 2.45) is 0 Å². The second-order valence-electron chi connectivity index (χ2n) is 10.5. The van der Waals surface area contributed by atoms with E-state index in [0.29, 0.717) is 5.56 Å². The van der Waals surface area contributed by atoms with Crippen LogP contribution >= 0.6 is 0 Å². The van der Waals surface area contributed by atoms with Crippen LogP contribution in [0.25, 0.3) is 22.3 Å². The fourth-order valence-electron chi connectivity index (χ4n) is 5.28. The van der Waals surface area contributed by atoms with Crippen molar-refractivity contribution in [2.75, 3.05) is 13.2 Å². The molecule has 43 heavy (non-hydrogen) atoms. The van der Waals surface area contributed by atoms with Gasteiger partial charge in [-0.15, -0.1) is 0 Å². The summed E-state index contributed by atoms with van der Waals surface area (Å²) >= 11 is 0.